The van der Waals surface area contributed by atoms with Gasteiger partial charge in [-0.25, -0.2) is 0 Å². The second kappa shape index (κ2) is 51.8. The molecule has 0 aromatic heterocycles. The maximum absolute atomic E-state index is 3.66. The SMILES string of the molecule is CCCCCCCCCCCCCP(C)Br.CCCCCCCCCCCCCP(C)Br.CCCCCCCCCCCCCP(C)Br. The van der Waals surface area contributed by atoms with Crippen LogP contribution in [0.25, 0.3) is 0 Å². The predicted molar refractivity (Wildman–Crippen MR) is 249 cm³/mol. The summed E-state index contributed by atoms with van der Waals surface area (Å²) >= 11 is 11.0. The lowest BCUT2D eigenvalue weighted by Gasteiger charge is -2.04. The van der Waals surface area contributed by atoms with Gasteiger partial charge in [0.25, 0.3) is 0 Å². The van der Waals surface area contributed by atoms with Crippen LogP contribution >= 0.6 is 66.3 Å². The van der Waals surface area contributed by atoms with Crippen molar-refractivity contribution in [3.63, 3.8) is 0 Å². The van der Waals surface area contributed by atoms with Crippen molar-refractivity contribution in [3.05, 3.63) is 0 Å². The van der Waals surface area contributed by atoms with E-state index in [4.69, 9.17) is 0 Å². The summed E-state index contributed by atoms with van der Waals surface area (Å²) in [7, 11) is 0. The third-order valence-corrected chi connectivity index (χ3v) is 15.2. The molecule has 0 aliphatic heterocycles. The van der Waals surface area contributed by atoms with E-state index >= 15 is 0 Å². The highest BCUT2D eigenvalue weighted by atomic mass is 79.9. The van der Waals surface area contributed by atoms with Crippen LogP contribution in [0.2, 0.25) is 0 Å². The van der Waals surface area contributed by atoms with Gasteiger partial charge in [0, 0.05) is 0 Å². The molecule has 0 saturated carbocycles. The molecule has 3 unspecified atom stereocenters. The van der Waals surface area contributed by atoms with Crippen LogP contribution < -0.4 is 0 Å². The normalized spacial score (nSPS) is 12.9. The highest BCUT2D eigenvalue weighted by molar-refractivity contribution is 9.39. The Morgan fingerprint density at radius 2 is 0.354 bits per heavy atom. The molecule has 0 heterocycles. The molecule has 0 amide bonds. The Hall–Kier alpha value is 2.73. The van der Waals surface area contributed by atoms with Crippen LogP contribution in [0, 0.1) is 0 Å². The molecule has 0 N–H and O–H groups in total. The monoisotopic (exact) mass is 924 g/mol. The molecule has 6 heteroatoms. The van der Waals surface area contributed by atoms with E-state index in [9.17, 15) is 0 Å². The lowest BCUT2D eigenvalue weighted by molar-refractivity contribution is 0.555. The largest absolute Gasteiger partial charge is 0.0654 e. The standard InChI is InChI=1S/3C14H30BrP/c3*1-3-4-5-6-7-8-9-10-11-12-13-14-16(2)15/h3*3-14H2,1-2H3. The minimum Gasteiger partial charge on any atom is -0.0654 e. The summed E-state index contributed by atoms with van der Waals surface area (Å²) in [5.41, 5.74) is 0. The molecule has 48 heavy (non-hydrogen) atoms. The molecule has 0 aromatic carbocycles. The van der Waals surface area contributed by atoms with E-state index in [2.05, 4.69) is 87.2 Å². The van der Waals surface area contributed by atoms with Gasteiger partial charge in [0.05, 0.1) is 0 Å². The van der Waals surface area contributed by atoms with Gasteiger partial charge in [0.1, 0.15) is 0 Å². The van der Waals surface area contributed by atoms with Crippen molar-refractivity contribution in [1.82, 2.24) is 0 Å². The van der Waals surface area contributed by atoms with Crippen molar-refractivity contribution in [3.8, 4) is 0 Å². The van der Waals surface area contributed by atoms with E-state index in [1.807, 2.05) is 0 Å². The summed E-state index contributed by atoms with van der Waals surface area (Å²) in [4.78, 5) is 0. The Bertz CT molecular complexity index is 449. The minimum absolute atomic E-state index is 0.176. The van der Waals surface area contributed by atoms with Gasteiger partial charge in [-0.15, -0.1) is 0 Å². The van der Waals surface area contributed by atoms with Crippen LogP contribution in [-0.4, -0.2) is 38.5 Å². The van der Waals surface area contributed by atoms with Crippen LogP contribution in [0.4, 0.5) is 0 Å². The first-order chi connectivity index (χ1) is 23.3. The van der Waals surface area contributed by atoms with Crippen LogP contribution in [0.1, 0.15) is 233 Å². The van der Waals surface area contributed by atoms with E-state index in [0.717, 1.165) is 0 Å². The lowest BCUT2D eigenvalue weighted by Crippen LogP contribution is -1.83. The van der Waals surface area contributed by atoms with Gasteiger partial charge in [0.15, 0.2) is 0 Å². The van der Waals surface area contributed by atoms with Crippen LogP contribution in [-0.2, 0) is 0 Å². The molecule has 0 nitrogen and oxygen atoms in total. The molecule has 0 bridgehead atoms. The highest BCUT2D eigenvalue weighted by Gasteiger charge is 1.98. The average Bonchev–Trinajstić information content (AvgIpc) is 3.05. The number of unbranched alkanes of at least 4 members (excludes halogenated alkanes) is 30. The third-order valence-electron chi connectivity index (χ3n) is 9.21. The van der Waals surface area contributed by atoms with E-state index in [0.29, 0.717) is 0 Å². The maximum Gasteiger partial charge on any atom is -0.0230 e. The van der Waals surface area contributed by atoms with Gasteiger partial charge in [-0.1, -0.05) is 260 Å². The van der Waals surface area contributed by atoms with Crippen molar-refractivity contribution < 1.29 is 0 Å². The summed E-state index contributed by atoms with van der Waals surface area (Å²) in [5, 5.41) is 0. The van der Waals surface area contributed by atoms with E-state index in [-0.39, 0.29) is 19.9 Å². The zero-order chi connectivity index (χ0) is 36.2. The van der Waals surface area contributed by atoms with Gasteiger partial charge < -0.3 is 0 Å². The van der Waals surface area contributed by atoms with Crippen molar-refractivity contribution in [1.29, 1.82) is 0 Å². The van der Waals surface area contributed by atoms with Crippen LogP contribution in [0.3, 0.4) is 0 Å². The Labute approximate surface area is 335 Å². The number of halogens is 3. The molecule has 3 atom stereocenters. The predicted octanol–water partition coefficient (Wildman–Crippen LogP) is 20.2. The van der Waals surface area contributed by atoms with Crippen molar-refractivity contribution in [2.45, 2.75) is 233 Å². The fourth-order valence-corrected chi connectivity index (χ4v) is 10.2. The molecular formula is C42H90Br3P3. The molecule has 0 radical (unpaired) electrons. The minimum atomic E-state index is 0.176. The summed E-state index contributed by atoms with van der Waals surface area (Å²) in [6.07, 6.45) is 52.2. The quantitative estimate of drug-likeness (QED) is 0.0434. The maximum atomic E-state index is 3.66. The zero-order valence-corrected chi connectivity index (χ0v) is 41.4. The highest BCUT2D eigenvalue weighted by Crippen LogP contribution is 2.41. The second-order valence-corrected chi connectivity index (χ2v) is 30.5. The topological polar surface area (TPSA) is 0 Å². The first-order valence-corrected chi connectivity index (χ1v) is 33.4. The second-order valence-electron chi connectivity index (χ2n) is 14.6. The van der Waals surface area contributed by atoms with Gasteiger partial charge in [-0.3, -0.25) is 0 Å². The van der Waals surface area contributed by atoms with E-state index in [1.165, 1.54) is 230 Å². The Morgan fingerprint density at radius 3 is 0.479 bits per heavy atom. The Morgan fingerprint density at radius 1 is 0.229 bits per heavy atom. The third kappa shape index (κ3) is 63.8. The first-order valence-electron chi connectivity index (χ1n) is 21.4. The van der Waals surface area contributed by atoms with Gasteiger partial charge in [-0.05, 0) is 77.6 Å². The van der Waals surface area contributed by atoms with E-state index < -0.39 is 0 Å². The molecule has 0 saturated heterocycles. The molecular weight excluding hydrogens is 837 g/mol. The average molecular weight is 928 g/mol. The summed E-state index contributed by atoms with van der Waals surface area (Å²) in [6.45, 7) is 14.3. The molecule has 0 aliphatic rings. The molecule has 0 aromatic rings. The molecule has 0 fully saturated rings. The molecule has 0 spiro atoms. The number of hydrogen-bond donors (Lipinski definition) is 0. The van der Waals surface area contributed by atoms with Crippen molar-refractivity contribution in [2.24, 2.45) is 0 Å². The van der Waals surface area contributed by atoms with Crippen LogP contribution in [0.15, 0.2) is 0 Å². The van der Waals surface area contributed by atoms with Crippen LogP contribution in [0.5, 0.6) is 0 Å². The molecule has 294 valence electrons. The van der Waals surface area contributed by atoms with Gasteiger partial charge >= 0.3 is 0 Å². The fraction of sp³-hybridized carbons (Fsp3) is 1.00. The Kier molecular flexibility index (Phi) is 59.5. The lowest BCUT2D eigenvalue weighted by atomic mass is 10.1. The Balaban J connectivity index is -0.000000633. The van der Waals surface area contributed by atoms with Crippen molar-refractivity contribution >= 4 is 66.3 Å². The molecule has 0 rings (SSSR count). The van der Waals surface area contributed by atoms with Crippen molar-refractivity contribution in [2.75, 3.05) is 38.5 Å². The van der Waals surface area contributed by atoms with Gasteiger partial charge in [-0.2, -0.15) is 0 Å². The summed E-state index contributed by atoms with van der Waals surface area (Å²) in [5.74, 6) is 0. The summed E-state index contributed by atoms with van der Waals surface area (Å²) < 4.78 is 0. The zero-order valence-electron chi connectivity index (χ0n) is 33.9. The number of hydrogen-bond acceptors (Lipinski definition) is 0. The number of rotatable bonds is 36. The fourth-order valence-electron chi connectivity index (χ4n) is 5.98. The smallest absolute Gasteiger partial charge is 0.0230 e. The summed E-state index contributed by atoms with van der Waals surface area (Å²) in [6, 6.07) is 0. The van der Waals surface area contributed by atoms with Gasteiger partial charge in [0.2, 0.25) is 0 Å². The first kappa shape index (κ1) is 55.1. The van der Waals surface area contributed by atoms with E-state index in [1.54, 1.807) is 0 Å². The molecule has 0 aliphatic carbocycles.